The van der Waals surface area contributed by atoms with Gasteiger partial charge in [0.25, 0.3) is 5.91 Å². The monoisotopic (exact) mass is 254 g/mol. The molecule has 3 nitrogen and oxygen atoms in total. The van der Waals surface area contributed by atoms with Gasteiger partial charge in [-0.2, -0.15) is 0 Å². The second-order valence-electron chi connectivity index (χ2n) is 4.44. The second kappa shape index (κ2) is 6.05. The molecule has 0 aliphatic heterocycles. The lowest BCUT2D eigenvalue weighted by Gasteiger charge is -2.16. The minimum atomic E-state index is -0.0731. The summed E-state index contributed by atoms with van der Waals surface area (Å²) in [6.45, 7) is 2.10. The van der Waals surface area contributed by atoms with Crippen LogP contribution >= 0.6 is 0 Å². The molecule has 2 N–H and O–H groups in total. The highest BCUT2D eigenvalue weighted by Gasteiger charge is 2.07. The Balaban J connectivity index is 2.13. The number of nitrogens with one attached hydrogen (secondary N) is 2. The fraction of sp³-hybridized carbons (Fsp3) is 0.188. The normalized spacial score (nSPS) is 11.7. The zero-order chi connectivity index (χ0) is 13.7. The van der Waals surface area contributed by atoms with E-state index in [0.29, 0.717) is 5.56 Å². The molecule has 2 aromatic rings. The highest BCUT2D eigenvalue weighted by molar-refractivity contribution is 5.94. The molecule has 3 heteroatoms. The van der Waals surface area contributed by atoms with E-state index in [9.17, 15) is 4.79 Å². The Morgan fingerprint density at radius 1 is 1.05 bits per heavy atom. The van der Waals surface area contributed by atoms with Crippen LogP contribution in [0.15, 0.2) is 54.6 Å². The summed E-state index contributed by atoms with van der Waals surface area (Å²) in [4.78, 5) is 11.6. The number of anilines is 1. The van der Waals surface area contributed by atoms with Crippen LogP contribution in [0, 0.1) is 0 Å². The minimum Gasteiger partial charge on any atom is -0.379 e. The molecule has 0 fully saturated rings. The number of hydrogen-bond acceptors (Lipinski definition) is 2. The molecule has 1 atom stereocenters. The summed E-state index contributed by atoms with van der Waals surface area (Å²) in [5.74, 6) is -0.0731. The lowest BCUT2D eigenvalue weighted by atomic mass is 10.1. The van der Waals surface area contributed by atoms with E-state index in [-0.39, 0.29) is 11.9 Å². The van der Waals surface area contributed by atoms with Crippen molar-refractivity contribution in [3.05, 3.63) is 65.7 Å². The largest absolute Gasteiger partial charge is 0.379 e. The van der Waals surface area contributed by atoms with Crippen molar-refractivity contribution >= 4 is 11.6 Å². The quantitative estimate of drug-likeness (QED) is 0.879. The Morgan fingerprint density at radius 3 is 2.47 bits per heavy atom. The lowest BCUT2D eigenvalue weighted by Crippen LogP contribution is -2.18. The molecule has 1 amide bonds. The summed E-state index contributed by atoms with van der Waals surface area (Å²) in [5.41, 5.74) is 2.82. The summed E-state index contributed by atoms with van der Waals surface area (Å²) in [7, 11) is 1.63. The maximum atomic E-state index is 11.6. The molecule has 0 radical (unpaired) electrons. The number of rotatable bonds is 4. The molecule has 0 heterocycles. The Labute approximate surface area is 113 Å². The van der Waals surface area contributed by atoms with Gasteiger partial charge in [-0.05, 0) is 30.7 Å². The van der Waals surface area contributed by atoms with Crippen molar-refractivity contribution in [2.45, 2.75) is 13.0 Å². The third kappa shape index (κ3) is 3.35. The number of carbonyl (C=O) groups is 1. The van der Waals surface area contributed by atoms with Gasteiger partial charge in [0.05, 0.1) is 0 Å². The van der Waals surface area contributed by atoms with E-state index in [1.54, 1.807) is 13.1 Å². The Hall–Kier alpha value is -2.29. The summed E-state index contributed by atoms with van der Waals surface area (Å²) in [5, 5.41) is 6.02. The molecule has 2 aromatic carbocycles. The molecule has 0 saturated carbocycles. The van der Waals surface area contributed by atoms with Gasteiger partial charge in [0.15, 0.2) is 0 Å². The fourth-order valence-corrected chi connectivity index (χ4v) is 1.97. The molecule has 0 spiro atoms. The molecule has 0 aromatic heterocycles. The van der Waals surface area contributed by atoms with E-state index in [0.717, 1.165) is 5.69 Å². The average Bonchev–Trinajstić information content (AvgIpc) is 2.47. The van der Waals surface area contributed by atoms with Crippen LogP contribution in [0.5, 0.6) is 0 Å². The lowest BCUT2D eigenvalue weighted by molar-refractivity contribution is 0.0963. The first-order chi connectivity index (χ1) is 9.20. The zero-order valence-electron chi connectivity index (χ0n) is 11.2. The standard InChI is InChI=1S/C16H18N2O/c1-12(13-7-4-3-5-8-13)18-15-10-6-9-14(11-15)16(19)17-2/h3-12,18H,1-2H3,(H,17,19). The van der Waals surface area contributed by atoms with Crippen molar-refractivity contribution in [3.63, 3.8) is 0 Å². The van der Waals surface area contributed by atoms with Crippen LogP contribution in [-0.4, -0.2) is 13.0 Å². The van der Waals surface area contributed by atoms with Gasteiger partial charge < -0.3 is 10.6 Å². The van der Waals surface area contributed by atoms with Gasteiger partial charge >= 0.3 is 0 Å². The van der Waals surface area contributed by atoms with Crippen LogP contribution < -0.4 is 10.6 Å². The molecular formula is C16H18N2O. The molecule has 0 saturated heterocycles. The van der Waals surface area contributed by atoms with Crippen LogP contribution in [0.4, 0.5) is 5.69 Å². The maximum absolute atomic E-state index is 11.6. The summed E-state index contributed by atoms with van der Waals surface area (Å²) >= 11 is 0. The number of amides is 1. The van der Waals surface area contributed by atoms with Gasteiger partial charge in [0.2, 0.25) is 0 Å². The van der Waals surface area contributed by atoms with E-state index < -0.39 is 0 Å². The van der Waals surface area contributed by atoms with Crippen LogP contribution in [-0.2, 0) is 0 Å². The predicted octanol–water partition coefficient (Wildman–Crippen LogP) is 3.22. The summed E-state index contributed by atoms with van der Waals surface area (Å²) < 4.78 is 0. The van der Waals surface area contributed by atoms with E-state index in [1.165, 1.54) is 5.56 Å². The van der Waals surface area contributed by atoms with E-state index >= 15 is 0 Å². The van der Waals surface area contributed by atoms with Gasteiger partial charge in [-0.1, -0.05) is 36.4 Å². The minimum absolute atomic E-state index is 0.0731. The van der Waals surface area contributed by atoms with Crippen molar-refractivity contribution in [1.82, 2.24) is 5.32 Å². The molecular weight excluding hydrogens is 236 g/mol. The van der Waals surface area contributed by atoms with Gasteiger partial charge in [0.1, 0.15) is 0 Å². The van der Waals surface area contributed by atoms with E-state index in [1.807, 2.05) is 36.4 Å². The van der Waals surface area contributed by atoms with Crippen LogP contribution in [0.2, 0.25) is 0 Å². The highest BCUT2D eigenvalue weighted by Crippen LogP contribution is 2.19. The van der Waals surface area contributed by atoms with E-state index in [2.05, 4.69) is 29.7 Å². The molecule has 1 unspecified atom stereocenters. The van der Waals surface area contributed by atoms with Crippen molar-refractivity contribution in [1.29, 1.82) is 0 Å². The second-order valence-corrected chi connectivity index (χ2v) is 4.44. The molecule has 0 aliphatic carbocycles. The predicted molar refractivity (Wildman–Crippen MR) is 78.3 cm³/mol. The highest BCUT2D eigenvalue weighted by atomic mass is 16.1. The van der Waals surface area contributed by atoms with Gasteiger partial charge in [0, 0.05) is 24.3 Å². The smallest absolute Gasteiger partial charge is 0.251 e. The first-order valence-electron chi connectivity index (χ1n) is 6.34. The number of carbonyl (C=O) groups excluding carboxylic acids is 1. The Morgan fingerprint density at radius 2 is 1.79 bits per heavy atom. The third-order valence-corrected chi connectivity index (χ3v) is 3.03. The zero-order valence-corrected chi connectivity index (χ0v) is 11.2. The first kappa shape index (κ1) is 13.1. The van der Waals surface area contributed by atoms with Gasteiger partial charge in [-0.25, -0.2) is 0 Å². The summed E-state index contributed by atoms with van der Waals surface area (Å²) in [6, 6.07) is 17.9. The summed E-state index contributed by atoms with van der Waals surface area (Å²) in [6.07, 6.45) is 0. The Kier molecular flexibility index (Phi) is 4.18. The molecule has 0 bridgehead atoms. The van der Waals surface area contributed by atoms with E-state index in [4.69, 9.17) is 0 Å². The number of hydrogen-bond donors (Lipinski definition) is 2. The number of benzene rings is 2. The van der Waals surface area contributed by atoms with Crippen LogP contribution in [0.3, 0.4) is 0 Å². The first-order valence-corrected chi connectivity index (χ1v) is 6.34. The average molecular weight is 254 g/mol. The molecule has 98 valence electrons. The topological polar surface area (TPSA) is 41.1 Å². The third-order valence-electron chi connectivity index (χ3n) is 3.03. The van der Waals surface area contributed by atoms with Crippen molar-refractivity contribution in [2.75, 3.05) is 12.4 Å². The van der Waals surface area contributed by atoms with Gasteiger partial charge in [-0.15, -0.1) is 0 Å². The van der Waals surface area contributed by atoms with Crippen LogP contribution in [0.1, 0.15) is 28.9 Å². The Bertz CT molecular complexity index is 552. The van der Waals surface area contributed by atoms with Crippen molar-refractivity contribution < 1.29 is 4.79 Å². The van der Waals surface area contributed by atoms with Crippen molar-refractivity contribution in [2.24, 2.45) is 0 Å². The SMILES string of the molecule is CNC(=O)c1cccc(NC(C)c2ccccc2)c1. The fourth-order valence-electron chi connectivity index (χ4n) is 1.97. The molecule has 0 aliphatic rings. The molecule has 19 heavy (non-hydrogen) atoms. The molecule has 2 rings (SSSR count). The van der Waals surface area contributed by atoms with Crippen molar-refractivity contribution in [3.8, 4) is 0 Å². The van der Waals surface area contributed by atoms with Crippen LogP contribution in [0.25, 0.3) is 0 Å². The maximum Gasteiger partial charge on any atom is 0.251 e. The van der Waals surface area contributed by atoms with Gasteiger partial charge in [-0.3, -0.25) is 4.79 Å².